The Hall–Kier alpha value is -0.570. The van der Waals surface area contributed by atoms with E-state index < -0.39 is 5.97 Å². The number of carboxylic acid groups (broad SMARTS) is 1. The molecule has 3 unspecified atom stereocenters. The summed E-state index contributed by atoms with van der Waals surface area (Å²) in [7, 11) is 0. The molecular formula is C15H29NO2. The molecule has 0 amide bonds. The molecule has 0 bridgehead atoms. The molecule has 3 heteroatoms. The summed E-state index contributed by atoms with van der Waals surface area (Å²) in [5, 5.41) is 9.09. The smallest absolute Gasteiger partial charge is 0.317 e. The van der Waals surface area contributed by atoms with Gasteiger partial charge < -0.3 is 5.11 Å². The zero-order valence-corrected chi connectivity index (χ0v) is 12.4. The molecule has 0 radical (unpaired) electrons. The van der Waals surface area contributed by atoms with Crippen LogP contribution in [-0.2, 0) is 4.79 Å². The van der Waals surface area contributed by atoms with Gasteiger partial charge in [0, 0.05) is 12.1 Å². The molecule has 1 aliphatic rings. The van der Waals surface area contributed by atoms with E-state index in [9.17, 15) is 4.79 Å². The van der Waals surface area contributed by atoms with Gasteiger partial charge in [-0.15, -0.1) is 0 Å². The third kappa shape index (κ3) is 4.27. The fourth-order valence-electron chi connectivity index (χ4n) is 3.14. The molecule has 3 atom stereocenters. The zero-order chi connectivity index (χ0) is 13.7. The second-order valence-corrected chi connectivity index (χ2v) is 6.15. The van der Waals surface area contributed by atoms with Gasteiger partial charge in [0.2, 0.25) is 0 Å². The molecule has 0 spiro atoms. The van der Waals surface area contributed by atoms with E-state index in [1.54, 1.807) is 0 Å². The van der Waals surface area contributed by atoms with Gasteiger partial charge in [-0.1, -0.05) is 33.6 Å². The summed E-state index contributed by atoms with van der Waals surface area (Å²) in [5.41, 5.74) is 0. The van der Waals surface area contributed by atoms with Crippen LogP contribution in [0.1, 0.15) is 59.8 Å². The van der Waals surface area contributed by atoms with Crippen LogP contribution in [0.25, 0.3) is 0 Å². The molecule has 1 rings (SSSR count). The highest BCUT2D eigenvalue weighted by Gasteiger charge is 2.31. The first-order chi connectivity index (χ1) is 8.45. The van der Waals surface area contributed by atoms with Crippen LogP contribution < -0.4 is 0 Å². The normalized spacial score (nSPS) is 26.6. The van der Waals surface area contributed by atoms with Crippen molar-refractivity contribution in [3.63, 3.8) is 0 Å². The zero-order valence-electron chi connectivity index (χ0n) is 12.4. The molecule has 0 aliphatic heterocycles. The standard InChI is InChI=1S/C15H29NO2/c1-5-12(4)16(10-15(17)18)14-8-6-7-13(9-14)11(2)3/h11-14H,5-10H2,1-4H3,(H,17,18). The Morgan fingerprint density at radius 2 is 2.00 bits per heavy atom. The van der Waals surface area contributed by atoms with E-state index in [2.05, 4.69) is 32.6 Å². The predicted octanol–water partition coefficient (Wildman–Crippen LogP) is 3.39. The van der Waals surface area contributed by atoms with Gasteiger partial charge in [0.25, 0.3) is 0 Å². The van der Waals surface area contributed by atoms with Crippen molar-refractivity contribution >= 4 is 5.97 Å². The lowest BCUT2D eigenvalue weighted by molar-refractivity contribution is -0.140. The molecule has 0 aromatic heterocycles. The maximum atomic E-state index is 11.0. The van der Waals surface area contributed by atoms with Crippen LogP contribution in [0.5, 0.6) is 0 Å². The number of carboxylic acids is 1. The summed E-state index contributed by atoms with van der Waals surface area (Å²) in [5.74, 6) is 0.794. The van der Waals surface area contributed by atoms with E-state index >= 15 is 0 Å². The van der Waals surface area contributed by atoms with Crippen LogP contribution in [0.2, 0.25) is 0 Å². The lowest BCUT2D eigenvalue weighted by Gasteiger charge is -2.41. The lowest BCUT2D eigenvalue weighted by Crippen LogP contribution is -2.47. The SMILES string of the molecule is CCC(C)N(CC(=O)O)C1CCCC(C(C)C)C1. The van der Waals surface area contributed by atoms with Crippen molar-refractivity contribution in [3.05, 3.63) is 0 Å². The van der Waals surface area contributed by atoms with Crippen LogP contribution in [0.3, 0.4) is 0 Å². The fraction of sp³-hybridized carbons (Fsp3) is 0.933. The number of rotatable bonds is 6. The van der Waals surface area contributed by atoms with Crippen molar-refractivity contribution in [2.75, 3.05) is 6.54 Å². The Labute approximate surface area is 112 Å². The summed E-state index contributed by atoms with van der Waals surface area (Å²) < 4.78 is 0. The van der Waals surface area contributed by atoms with Crippen LogP contribution in [0.4, 0.5) is 0 Å². The van der Waals surface area contributed by atoms with Gasteiger partial charge in [-0.05, 0) is 38.0 Å². The van der Waals surface area contributed by atoms with Crippen LogP contribution >= 0.6 is 0 Å². The molecule has 18 heavy (non-hydrogen) atoms. The van der Waals surface area contributed by atoms with Gasteiger partial charge in [-0.25, -0.2) is 0 Å². The summed E-state index contributed by atoms with van der Waals surface area (Å²) >= 11 is 0. The number of aliphatic carboxylic acids is 1. The quantitative estimate of drug-likeness (QED) is 0.791. The fourth-order valence-corrected chi connectivity index (χ4v) is 3.14. The largest absolute Gasteiger partial charge is 0.480 e. The third-order valence-corrected chi connectivity index (χ3v) is 4.57. The second-order valence-electron chi connectivity index (χ2n) is 6.15. The van der Waals surface area contributed by atoms with Crippen LogP contribution in [-0.4, -0.2) is 34.6 Å². The van der Waals surface area contributed by atoms with Gasteiger partial charge in [-0.2, -0.15) is 0 Å². The van der Waals surface area contributed by atoms with Gasteiger partial charge in [-0.3, -0.25) is 9.69 Å². The summed E-state index contributed by atoms with van der Waals surface area (Å²) in [6.45, 7) is 9.07. The molecule has 1 fully saturated rings. The van der Waals surface area contributed by atoms with E-state index in [4.69, 9.17) is 5.11 Å². The van der Waals surface area contributed by atoms with Gasteiger partial charge in [0.15, 0.2) is 0 Å². The van der Waals surface area contributed by atoms with Crippen LogP contribution in [0.15, 0.2) is 0 Å². The first kappa shape index (κ1) is 15.5. The first-order valence-corrected chi connectivity index (χ1v) is 7.43. The molecule has 1 N–H and O–H groups in total. The van der Waals surface area contributed by atoms with Gasteiger partial charge in [0.1, 0.15) is 0 Å². The van der Waals surface area contributed by atoms with E-state index in [0.29, 0.717) is 12.1 Å². The summed E-state index contributed by atoms with van der Waals surface area (Å²) in [4.78, 5) is 13.3. The highest BCUT2D eigenvalue weighted by molar-refractivity contribution is 5.69. The van der Waals surface area contributed by atoms with Crippen LogP contribution in [0, 0.1) is 11.8 Å². The molecular weight excluding hydrogens is 226 g/mol. The number of hydrogen-bond donors (Lipinski definition) is 1. The average Bonchev–Trinajstić information content (AvgIpc) is 2.35. The highest BCUT2D eigenvalue weighted by atomic mass is 16.4. The Kier molecular flexibility index (Phi) is 6.13. The van der Waals surface area contributed by atoms with E-state index in [1.165, 1.54) is 25.7 Å². The van der Waals surface area contributed by atoms with Crippen molar-refractivity contribution in [1.29, 1.82) is 0 Å². The molecule has 3 nitrogen and oxygen atoms in total. The molecule has 0 saturated heterocycles. The van der Waals surface area contributed by atoms with E-state index in [-0.39, 0.29) is 6.54 Å². The van der Waals surface area contributed by atoms with E-state index in [0.717, 1.165) is 18.3 Å². The average molecular weight is 255 g/mol. The molecule has 1 aliphatic carbocycles. The highest BCUT2D eigenvalue weighted by Crippen LogP contribution is 2.33. The van der Waals surface area contributed by atoms with Gasteiger partial charge in [0.05, 0.1) is 6.54 Å². The third-order valence-electron chi connectivity index (χ3n) is 4.57. The summed E-state index contributed by atoms with van der Waals surface area (Å²) in [6.07, 6.45) is 5.93. The molecule has 0 aromatic rings. The van der Waals surface area contributed by atoms with E-state index in [1.807, 2.05) is 0 Å². The number of hydrogen-bond acceptors (Lipinski definition) is 2. The second kappa shape index (κ2) is 7.13. The first-order valence-electron chi connectivity index (χ1n) is 7.43. The predicted molar refractivity (Wildman–Crippen MR) is 74.7 cm³/mol. The van der Waals surface area contributed by atoms with Crippen molar-refractivity contribution < 1.29 is 9.90 Å². The molecule has 0 heterocycles. The lowest BCUT2D eigenvalue weighted by atomic mass is 9.78. The molecule has 1 saturated carbocycles. The minimum atomic E-state index is -0.693. The minimum Gasteiger partial charge on any atom is -0.480 e. The topological polar surface area (TPSA) is 40.5 Å². The Bertz CT molecular complexity index is 265. The maximum absolute atomic E-state index is 11.0. The van der Waals surface area contributed by atoms with Crippen molar-refractivity contribution in [2.45, 2.75) is 71.9 Å². The Balaban J connectivity index is 2.68. The minimum absolute atomic E-state index is 0.199. The van der Waals surface area contributed by atoms with Crippen molar-refractivity contribution in [1.82, 2.24) is 4.90 Å². The summed E-state index contributed by atoms with van der Waals surface area (Å²) in [6, 6.07) is 0.842. The molecule has 0 aromatic carbocycles. The Morgan fingerprint density at radius 3 is 2.50 bits per heavy atom. The Morgan fingerprint density at radius 1 is 1.33 bits per heavy atom. The number of nitrogens with zero attached hydrogens (tertiary/aromatic N) is 1. The maximum Gasteiger partial charge on any atom is 0.317 e. The molecule has 106 valence electrons. The van der Waals surface area contributed by atoms with Crippen molar-refractivity contribution in [3.8, 4) is 0 Å². The monoisotopic (exact) mass is 255 g/mol. The van der Waals surface area contributed by atoms with Gasteiger partial charge >= 0.3 is 5.97 Å². The van der Waals surface area contributed by atoms with Crippen molar-refractivity contribution in [2.24, 2.45) is 11.8 Å². The number of carbonyl (C=O) groups is 1.